The van der Waals surface area contributed by atoms with Crippen LogP contribution in [0, 0.1) is 11.8 Å². The number of aryl methyl sites for hydroxylation is 1. The number of aliphatic hydroxyl groups excluding tert-OH is 1. The smallest absolute Gasteiger partial charge is 0.284 e. The molecule has 4 N–H and O–H groups in total. The van der Waals surface area contributed by atoms with Crippen molar-refractivity contribution in [2.24, 2.45) is 12.8 Å². The Hall–Kier alpha value is -3.97. The van der Waals surface area contributed by atoms with Crippen molar-refractivity contribution in [2.45, 2.75) is 49.5 Å². The minimum atomic E-state index is -1.47. The summed E-state index contributed by atoms with van der Waals surface area (Å²) < 4.78 is 3.82. The van der Waals surface area contributed by atoms with E-state index < -0.39 is 17.7 Å². The van der Waals surface area contributed by atoms with Crippen LogP contribution in [0.2, 0.25) is 0 Å². The molecule has 1 saturated carbocycles. The number of hydrogen-bond acceptors (Lipinski definition) is 6. The number of likely N-dealkylation sites (N-methyl/N-ethyl adjacent to an activating group) is 1. The molecule has 0 spiro atoms. The minimum absolute atomic E-state index is 0.231. The number of benzene rings is 2. The Kier molecular flexibility index (Phi) is 5.26. The fourth-order valence-corrected chi connectivity index (χ4v) is 6.54. The number of aliphatic hydroxyl groups is 2. The van der Waals surface area contributed by atoms with E-state index in [0.717, 1.165) is 52.0 Å². The van der Waals surface area contributed by atoms with Gasteiger partial charge in [-0.3, -0.25) is 14.4 Å². The van der Waals surface area contributed by atoms with Crippen LogP contribution in [-0.2, 0) is 13.6 Å². The second-order valence-electron chi connectivity index (χ2n) is 11.2. The van der Waals surface area contributed by atoms with Crippen LogP contribution in [0.3, 0.4) is 0 Å². The van der Waals surface area contributed by atoms with Gasteiger partial charge in [-0.25, -0.2) is 4.98 Å². The number of fused-ring (bicyclic) bond motifs is 1. The molecule has 2 aromatic heterocycles. The van der Waals surface area contributed by atoms with Crippen LogP contribution >= 0.6 is 0 Å². The van der Waals surface area contributed by atoms with Crippen LogP contribution in [0.4, 0.5) is 0 Å². The summed E-state index contributed by atoms with van der Waals surface area (Å²) >= 11 is 0. The van der Waals surface area contributed by atoms with Gasteiger partial charge in [0.2, 0.25) is 0 Å². The zero-order valence-electron chi connectivity index (χ0n) is 21.9. The molecule has 2 unspecified atom stereocenters. The monoisotopic (exact) mass is 522 g/mol. The zero-order chi connectivity index (χ0) is 27.1. The maximum absolute atomic E-state index is 12.7. The van der Waals surface area contributed by atoms with Crippen LogP contribution in [-0.4, -0.2) is 65.8 Å². The van der Waals surface area contributed by atoms with Gasteiger partial charge in [0.25, 0.3) is 5.91 Å². The number of likely N-dealkylation sites (tertiary alicyclic amines) is 1. The number of hydrogen-bond donors (Lipinski definition) is 3. The van der Waals surface area contributed by atoms with Crippen LogP contribution < -0.4 is 5.73 Å². The predicted molar refractivity (Wildman–Crippen MR) is 146 cm³/mol. The van der Waals surface area contributed by atoms with E-state index in [2.05, 4.69) is 17.9 Å². The Balaban J connectivity index is 1.35. The number of carbonyl (C=O) groups excluding carboxylic acids is 1. The maximum atomic E-state index is 12.7. The highest BCUT2D eigenvalue weighted by atomic mass is 16.4. The first-order valence-electron chi connectivity index (χ1n) is 13.3. The van der Waals surface area contributed by atoms with E-state index in [1.165, 1.54) is 5.56 Å². The second-order valence-corrected chi connectivity index (χ2v) is 11.2. The summed E-state index contributed by atoms with van der Waals surface area (Å²) in [7, 11) is 3.68. The number of rotatable bonds is 3. The molecule has 9 heteroatoms. The summed E-state index contributed by atoms with van der Waals surface area (Å²) in [6, 6.07) is 14.1. The third-order valence-electron chi connectivity index (χ3n) is 8.76. The molecule has 3 aliphatic carbocycles. The summed E-state index contributed by atoms with van der Waals surface area (Å²) in [6.45, 7) is 0.970. The van der Waals surface area contributed by atoms with E-state index in [-0.39, 0.29) is 11.7 Å². The Morgan fingerprint density at radius 1 is 1.18 bits per heavy atom. The second kappa shape index (κ2) is 8.52. The number of imidazole rings is 1. The fourth-order valence-electron chi connectivity index (χ4n) is 6.54. The highest BCUT2D eigenvalue weighted by Crippen LogP contribution is 2.55. The molecule has 39 heavy (non-hydrogen) atoms. The van der Waals surface area contributed by atoms with Crippen LogP contribution in [0.1, 0.15) is 64.2 Å². The van der Waals surface area contributed by atoms with E-state index in [4.69, 9.17) is 15.8 Å². The van der Waals surface area contributed by atoms with E-state index in [9.17, 15) is 15.0 Å². The van der Waals surface area contributed by atoms with Crippen molar-refractivity contribution < 1.29 is 15.0 Å². The minimum Gasteiger partial charge on any atom is -0.374 e. The molecule has 1 saturated heterocycles. The lowest BCUT2D eigenvalue weighted by molar-refractivity contribution is -0.0633. The van der Waals surface area contributed by atoms with Gasteiger partial charge in [-0.15, -0.1) is 0 Å². The molecule has 1 aliphatic heterocycles. The summed E-state index contributed by atoms with van der Waals surface area (Å²) in [5, 5.41) is 27.0. The maximum Gasteiger partial charge on any atom is 0.284 e. The Labute approximate surface area is 225 Å². The molecule has 2 bridgehead atoms. The summed E-state index contributed by atoms with van der Waals surface area (Å²) in [5.74, 6) is 6.35. The molecular weight excluding hydrogens is 492 g/mol. The molecule has 0 radical (unpaired) electrons. The molecule has 4 aromatic rings. The predicted octanol–water partition coefficient (Wildman–Crippen LogP) is 2.30. The molecule has 4 aliphatic rings. The molecule has 2 fully saturated rings. The molecule has 2 atom stereocenters. The quantitative estimate of drug-likeness (QED) is 0.355. The van der Waals surface area contributed by atoms with E-state index >= 15 is 0 Å². The Morgan fingerprint density at radius 3 is 2.72 bits per heavy atom. The Morgan fingerprint density at radius 2 is 1.97 bits per heavy atom. The summed E-state index contributed by atoms with van der Waals surface area (Å²) in [4.78, 5) is 19.2. The number of carbonyl (C=O) groups is 1. The number of para-hydroxylation sites is 1. The van der Waals surface area contributed by atoms with Gasteiger partial charge in [0.1, 0.15) is 6.23 Å². The first-order chi connectivity index (χ1) is 18.7. The lowest BCUT2D eigenvalue weighted by Crippen LogP contribution is -2.42. The molecule has 3 heterocycles. The van der Waals surface area contributed by atoms with E-state index in [0.29, 0.717) is 25.4 Å². The van der Waals surface area contributed by atoms with Gasteiger partial charge >= 0.3 is 0 Å². The third kappa shape index (κ3) is 3.63. The number of amides is 1. The van der Waals surface area contributed by atoms with Crippen molar-refractivity contribution in [3.8, 4) is 23.1 Å². The van der Waals surface area contributed by atoms with Crippen molar-refractivity contribution in [3.05, 3.63) is 70.8 Å². The topological polar surface area (TPSA) is 122 Å². The standard InChI is InChI=1S/C30H30N6O3/c1-34-12-11-30(39,29(34)38)10-9-17-7-8-20-18-14-19(15-18)26-25(22(20)13-17)32-28(27(31)37)36(26)16-23-21-5-3-4-6-24(21)35(2)33-23/h3-8,13,18-19,29,38-39H,11-12,14-16H2,1-2H3,(H2,31,37). The number of primary amides is 1. The highest BCUT2D eigenvalue weighted by molar-refractivity contribution is 5.91. The van der Waals surface area contributed by atoms with Crippen molar-refractivity contribution in [1.29, 1.82) is 0 Å². The van der Waals surface area contributed by atoms with Gasteiger partial charge in [-0.1, -0.05) is 36.1 Å². The van der Waals surface area contributed by atoms with E-state index in [1.54, 1.807) is 11.9 Å². The van der Waals surface area contributed by atoms with Crippen LogP contribution in [0.5, 0.6) is 0 Å². The molecule has 198 valence electrons. The molecule has 9 nitrogen and oxygen atoms in total. The highest BCUT2D eigenvalue weighted by Gasteiger charge is 2.43. The molecule has 1 amide bonds. The van der Waals surface area contributed by atoms with Crippen molar-refractivity contribution in [3.63, 3.8) is 0 Å². The first-order valence-corrected chi connectivity index (χ1v) is 13.3. The van der Waals surface area contributed by atoms with Gasteiger partial charge in [0.15, 0.2) is 11.4 Å². The fraction of sp³-hybridized carbons (Fsp3) is 0.367. The van der Waals surface area contributed by atoms with Gasteiger partial charge < -0.3 is 20.5 Å². The number of aromatic nitrogens is 4. The average Bonchev–Trinajstić information content (AvgIpc) is 3.45. The SMILES string of the molecule is CN1CCC(O)(C#Cc2ccc3c(c2)-c2nc(C(N)=O)n(Cc4nn(C)c5ccccc45)c2C2CC3C2)C1O. The molecule has 2 aromatic carbocycles. The lowest BCUT2D eigenvalue weighted by atomic mass is 9.71. The van der Waals surface area contributed by atoms with Gasteiger partial charge in [0.05, 0.1) is 23.4 Å². The van der Waals surface area contributed by atoms with Crippen molar-refractivity contribution >= 4 is 16.8 Å². The summed E-state index contributed by atoms with van der Waals surface area (Å²) in [5.41, 5.74) is 10.9. The van der Waals surface area contributed by atoms with Gasteiger partial charge in [0, 0.05) is 48.1 Å². The van der Waals surface area contributed by atoms with Crippen LogP contribution in [0.25, 0.3) is 22.2 Å². The first kappa shape index (κ1) is 24.1. The molecule has 8 rings (SSSR count). The average molecular weight is 523 g/mol. The zero-order valence-corrected chi connectivity index (χ0v) is 21.9. The largest absolute Gasteiger partial charge is 0.374 e. The normalized spacial score (nSPS) is 25.4. The van der Waals surface area contributed by atoms with E-state index in [1.807, 2.05) is 52.7 Å². The lowest BCUT2D eigenvalue weighted by Gasteiger charge is -2.34. The van der Waals surface area contributed by atoms with Crippen molar-refractivity contribution in [2.75, 3.05) is 13.6 Å². The summed E-state index contributed by atoms with van der Waals surface area (Å²) in [6.07, 6.45) is 1.32. The third-order valence-corrected chi connectivity index (χ3v) is 8.76. The van der Waals surface area contributed by atoms with Gasteiger partial charge in [-0.05, 0) is 49.6 Å². The number of nitrogens with zero attached hydrogens (tertiary/aromatic N) is 5. The Bertz CT molecular complexity index is 1720. The number of nitrogens with two attached hydrogens (primary N) is 1. The van der Waals surface area contributed by atoms with Crippen molar-refractivity contribution in [1.82, 2.24) is 24.2 Å². The van der Waals surface area contributed by atoms with Crippen LogP contribution in [0.15, 0.2) is 42.5 Å². The van der Waals surface area contributed by atoms with Gasteiger partial charge in [-0.2, -0.15) is 5.10 Å². The molecular formula is C30H30N6O3.